The van der Waals surface area contributed by atoms with Gasteiger partial charge in [-0.1, -0.05) is 11.6 Å². The van der Waals surface area contributed by atoms with Crippen molar-refractivity contribution in [2.45, 2.75) is 32.6 Å². The minimum Gasteiger partial charge on any atom is -0.240 e. The molecule has 2 rings (SSSR count). The molecule has 0 N–H and O–H groups in total. The van der Waals surface area contributed by atoms with E-state index in [1.807, 2.05) is 6.92 Å². The number of nitrogens with zero attached hydrogens (tertiary/aromatic N) is 1. The van der Waals surface area contributed by atoms with Crippen LogP contribution in [0.5, 0.6) is 0 Å². The molecule has 0 aliphatic heterocycles. The number of pyridine rings is 1. The molecule has 0 unspecified atom stereocenters. The third-order valence-electron chi connectivity index (χ3n) is 2.62. The molecule has 0 fully saturated rings. The van der Waals surface area contributed by atoms with Gasteiger partial charge >= 0.3 is 0 Å². The summed E-state index contributed by atoms with van der Waals surface area (Å²) in [4.78, 5) is 4.30. The summed E-state index contributed by atoms with van der Waals surface area (Å²) in [5.41, 5.74) is 3.88. The zero-order valence-electron chi connectivity index (χ0n) is 7.53. The number of hydrogen-bond acceptors (Lipinski definition) is 1. The first-order chi connectivity index (χ1) is 6.20. The number of fused-ring (bicyclic) bond motifs is 1. The van der Waals surface area contributed by atoms with E-state index in [0.717, 1.165) is 23.0 Å². The van der Waals surface area contributed by atoms with E-state index in [4.69, 9.17) is 11.6 Å². The SMILES string of the molecule is Cc1nc(Cl)c(Br)c2c1CCCC2. The summed E-state index contributed by atoms with van der Waals surface area (Å²) in [7, 11) is 0. The number of aryl methyl sites for hydroxylation is 1. The van der Waals surface area contributed by atoms with E-state index in [1.54, 1.807) is 0 Å². The molecule has 0 atom stereocenters. The molecule has 1 aliphatic rings. The van der Waals surface area contributed by atoms with Crippen LogP contribution in [0.3, 0.4) is 0 Å². The Morgan fingerprint density at radius 1 is 1.23 bits per heavy atom. The van der Waals surface area contributed by atoms with Gasteiger partial charge in [-0.2, -0.15) is 0 Å². The Labute approximate surface area is 91.6 Å². The van der Waals surface area contributed by atoms with Crippen LogP contribution in [0.15, 0.2) is 4.47 Å². The van der Waals surface area contributed by atoms with Gasteiger partial charge in [-0.25, -0.2) is 4.98 Å². The van der Waals surface area contributed by atoms with Crippen molar-refractivity contribution < 1.29 is 0 Å². The highest BCUT2D eigenvalue weighted by atomic mass is 79.9. The van der Waals surface area contributed by atoms with Crippen molar-refractivity contribution in [1.82, 2.24) is 4.98 Å². The van der Waals surface area contributed by atoms with Crippen molar-refractivity contribution in [3.8, 4) is 0 Å². The third-order valence-corrected chi connectivity index (χ3v) is 3.97. The number of aromatic nitrogens is 1. The lowest BCUT2D eigenvalue weighted by molar-refractivity contribution is 0.674. The molecule has 13 heavy (non-hydrogen) atoms. The number of hydrogen-bond donors (Lipinski definition) is 0. The second kappa shape index (κ2) is 3.58. The van der Waals surface area contributed by atoms with Gasteiger partial charge in [0, 0.05) is 5.69 Å². The Morgan fingerprint density at radius 2 is 1.85 bits per heavy atom. The first-order valence-corrected chi connectivity index (χ1v) is 5.70. The summed E-state index contributed by atoms with van der Waals surface area (Å²) in [5, 5.41) is 0.609. The highest BCUT2D eigenvalue weighted by Gasteiger charge is 2.17. The van der Waals surface area contributed by atoms with Gasteiger partial charge in [-0.3, -0.25) is 0 Å². The summed E-state index contributed by atoms with van der Waals surface area (Å²) >= 11 is 9.50. The average molecular weight is 261 g/mol. The van der Waals surface area contributed by atoms with Crippen LogP contribution in [-0.4, -0.2) is 4.98 Å². The standard InChI is InChI=1S/C10H11BrClN/c1-6-7-4-2-3-5-8(7)9(11)10(12)13-6/h2-5H2,1H3. The van der Waals surface area contributed by atoms with E-state index in [9.17, 15) is 0 Å². The van der Waals surface area contributed by atoms with Crippen LogP contribution in [0.2, 0.25) is 5.15 Å². The first kappa shape index (κ1) is 9.47. The van der Waals surface area contributed by atoms with Crippen LogP contribution in [-0.2, 0) is 12.8 Å². The van der Waals surface area contributed by atoms with E-state index in [0.29, 0.717) is 5.15 Å². The van der Waals surface area contributed by atoms with Crippen LogP contribution >= 0.6 is 27.5 Å². The minimum absolute atomic E-state index is 0.609. The highest BCUT2D eigenvalue weighted by Crippen LogP contribution is 2.33. The molecule has 1 aliphatic carbocycles. The lowest BCUT2D eigenvalue weighted by Gasteiger charge is -2.19. The Bertz CT molecular complexity index is 349. The molecule has 1 nitrogen and oxygen atoms in total. The van der Waals surface area contributed by atoms with Crippen molar-refractivity contribution in [2.75, 3.05) is 0 Å². The largest absolute Gasteiger partial charge is 0.240 e. The van der Waals surface area contributed by atoms with Crippen molar-refractivity contribution in [3.05, 3.63) is 26.4 Å². The summed E-state index contributed by atoms with van der Waals surface area (Å²) in [5.74, 6) is 0. The van der Waals surface area contributed by atoms with Crippen LogP contribution in [0.4, 0.5) is 0 Å². The fourth-order valence-corrected chi connectivity index (χ4v) is 2.70. The molecule has 1 aromatic rings. The molecule has 0 radical (unpaired) electrons. The lowest BCUT2D eigenvalue weighted by Crippen LogP contribution is -2.07. The fraction of sp³-hybridized carbons (Fsp3) is 0.500. The second-order valence-corrected chi connectivity index (χ2v) is 4.62. The van der Waals surface area contributed by atoms with Gasteiger partial charge in [0.15, 0.2) is 0 Å². The van der Waals surface area contributed by atoms with E-state index >= 15 is 0 Å². The van der Waals surface area contributed by atoms with Gasteiger partial charge in [-0.15, -0.1) is 0 Å². The molecule has 0 bridgehead atoms. The van der Waals surface area contributed by atoms with Crippen LogP contribution < -0.4 is 0 Å². The number of halogens is 2. The Hall–Kier alpha value is -0.0800. The first-order valence-electron chi connectivity index (χ1n) is 4.53. The molecule has 70 valence electrons. The summed E-state index contributed by atoms with van der Waals surface area (Å²) in [6, 6.07) is 0. The van der Waals surface area contributed by atoms with Crippen LogP contribution in [0, 0.1) is 6.92 Å². The summed E-state index contributed by atoms with van der Waals surface area (Å²) < 4.78 is 1.01. The molecule has 0 saturated heterocycles. The van der Waals surface area contributed by atoms with Gasteiger partial charge < -0.3 is 0 Å². The Morgan fingerprint density at radius 3 is 2.54 bits per heavy atom. The molecule has 0 amide bonds. The monoisotopic (exact) mass is 259 g/mol. The van der Waals surface area contributed by atoms with Crippen LogP contribution in [0.1, 0.15) is 29.7 Å². The zero-order chi connectivity index (χ0) is 9.42. The van der Waals surface area contributed by atoms with Gasteiger partial charge in [0.2, 0.25) is 0 Å². The van der Waals surface area contributed by atoms with Crippen molar-refractivity contribution >= 4 is 27.5 Å². The van der Waals surface area contributed by atoms with E-state index in [-0.39, 0.29) is 0 Å². The minimum atomic E-state index is 0.609. The smallest absolute Gasteiger partial charge is 0.143 e. The Balaban J connectivity index is 2.63. The van der Waals surface area contributed by atoms with Gasteiger partial charge in [0.25, 0.3) is 0 Å². The second-order valence-electron chi connectivity index (χ2n) is 3.47. The predicted molar refractivity (Wildman–Crippen MR) is 58.3 cm³/mol. The normalized spacial score (nSPS) is 15.6. The van der Waals surface area contributed by atoms with Crippen molar-refractivity contribution in [2.24, 2.45) is 0 Å². The van der Waals surface area contributed by atoms with E-state index < -0.39 is 0 Å². The maximum Gasteiger partial charge on any atom is 0.143 e. The van der Waals surface area contributed by atoms with Gasteiger partial charge in [0.1, 0.15) is 5.15 Å². The van der Waals surface area contributed by atoms with Crippen LogP contribution in [0.25, 0.3) is 0 Å². The average Bonchev–Trinajstić information content (AvgIpc) is 2.15. The molecule has 1 heterocycles. The zero-order valence-corrected chi connectivity index (χ0v) is 9.87. The lowest BCUT2D eigenvalue weighted by atomic mass is 9.91. The molecule has 0 spiro atoms. The molecular weight excluding hydrogens is 249 g/mol. The maximum absolute atomic E-state index is 5.99. The fourth-order valence-electron chi connectivity index (χ4n) is 1.94. The topological polar surface area (TPSA) is 12.9 Å². The molecule has 0 saturated carbocycles. The number of rotatable bonds is 0. The Kier molecular flexibility index (Phi) is 2.61. The van der Waals surface area contributed by atoms with Gasteiger partial charge in [0.05, 0.1) is 4.47 Å². The maximum atomic E-state index is 5.99. The van der Waals surface area contributed by atoms with Crippen molar-refractivity contribution in [1.29, 1.82) is 0 Å². The third kappa shape index (κ3) is 1.62. The summed E-state index contributed by atoms with van der Waals surface area (Å²) in [6.07, 6.45) is 4.85. The van der Waals surface area contributed by atoms with E-state index in [2.05, 4.69) is 20.9 Å². The molecule has 1 aromatic heterocycles. The predicted octanol–water partition coefficient (Wildman–Crippen LogP) is 3.68. The quantitative estimate of drug-likeness (QED) is 0.649. The molecule has 0 aromatic carbocycles. The molecular formula is C10H11BrClN. The van der Waals surface area contributed by atoms with Gasteiger partial charge in [-0.05, 0) is 59.7 Å². The molecule has 3 heteroatoms. The van der Waals surface area contributed by atoms with E-state index in [1.165, 1.54) is 24.0 Å². The summed E-state index contributed by atoms with van der Waals surface area (Å²) in [6.45, 7) is 2.04. The van der Waals surface area contributed by atoms with Crippen molar-refractivity contribution in [3.63, 3.8) is 0 Å². The highest BCUT2D eigenvalue weighted by molar-refractivity contribution is 9.10.